The van der Waals surface area contributed by atoms with Crippen molar-refractivity contribution in [2.75, 3.05) is 7.11 Å². The number of hydrogen-bond acceptors (Lipinski definition) is 4. The summed E-state index contributed by atoms with van der Waals surface area (Å²) in [6.07, 6.45) is 0. The van der Waals surface area contributed by atoms with Crippen LogP contribution in [0.3, 0.4) is 0 Å². The summed E-state index contributed by atoms with van der Waals surface area (Å²) >= 11 is 0. The Morgan fingerprint density at radius 2 is 1.58 bits per heavy atom. The summed E-state index contributed by atoms with van der Waals surface area (Å²) in [5.74, 6) is -0.772. The first-order valence-corrected chi connectivity index (χ1v) is 9.66. The minimum atomic E-state index is -3.07. The molecule has 5 nitrogen and oxygen atoms in total. The number of para-hydroxylation sites is 1. The molecule has 162 valence electrons. The topological polar surface area (TPSA) is 56.8 Å². The van der Waals surface area contributed by atoms with Crippen molar-refractivity contribution in [1.29, 1.82) is 0 Å². The lowest BCUT2D eigenvalue weighted by Crippen LogP contribution is -2.24. The molecule has 0 spiro atoms. The van der Waals surface area contributed by atoms with E-state index in [0.29, 0.717) is 13.2 Å². The molecular weight excluding hydrogens is 404 g/mol. The third-order valence-electron chi connectivity index (χ3n) is 4.48. The van der Waals surface area contributed by atoms with Gasteiger partial charge in [-0.25, -0.2) is 0 Å². The Bertz CT molecular complexity index is 996. The van der Waals surface area contributed by atoms with E-state index < -0.39 is 12.5 Å². The summed E-state index contributed by atoms with van der Waals surface area (Å²) < 4.78 is 40.8. The highest BCUT2D eigenvalue weighted by atomic mass is 19.3. The van der Waals surface area contributed by atoms with E-state index in [2.05, 4.69) is 10.1 Å². The van der Waals surface area contributed by atoms with Crippen molar-refractivity contribution in [3.8, 4) is 11.5 Å². The van der Waals surface area contributed by atoms with Crippen LogP contribution in [0.25, 0.3) is 0 Å². The largest absolute Gasteiger partial charge is 0.493 e. The molecule has 1 N–H and O–H groups in total. The number of hydrogen-bond donors (Lipinski definition) is 1. The third kappa shape index (κ3) is 6.52. The summed E-state index contributed by atoms with van der Waals surface area (Å²) in [7, 11) is 1.32. The summed E-state index contributed by atoms with van der Waals surface area (Å²) in [5.41, 5.74) is 2.88. The Hall–Kier alpha value is -3.45. The molecule has 3 rings (SSSR count). The van der Waals surface area contributed by atoms with Crippen molar-refractivity contribution in [2.24, 2.45) is 0 Å². The molecule has 0 unspecified atom stereocenters. The molecule has 0 aromatic heterocycles. The zero-order valence-corrected chi connectivity index (χ0v) is 17.0. The number of amides is 1. The Labute approximate surface area is 179 Å². The lowest BCUT2D eigenvalue weighted by atomic mass is 10.1. The Kier molecular flexibility index (Phi) is 7.95. The number of rotatable bonds is 10. The molecule has 0 radical (unpaired) electrons. The number of methoxy groups -OCH3 is 1. The van der Waals surface area contributed by atoms with Gasteiger partial charge in [0.1, 0.15) is 0 Å². The van der Waals surface area contributed by atoms with E-state index in [-0.39, 0.29) is 23.6 Å². The van der Waals surface area contributed by atoms with Gasteiger partial charge in [0.25, 0.3) is 5.91 Å². The van der Waals surface area contributed by atoms with Crippen LogP contribution < -0.4 is 14.8 Å². The van der Waals surface area contributed by atoms with Crippen molar-refractivity contribution in [1.82, 2.24) is 5.32 Å². The predicted molar refractivity (Wildman–Crippen MR) is 112 cm³/mol. The highest BCUT2D eigenvalue weighted by molar-refractivity contribution is 5.97. The second-order valence-corrected chi connectivity index (χ2v) is 6.70. The minimum Gasteiger partial charge on any atom is -0.493 e. The molecule has 0 bridgehead atoms. The van der Waals surface area contributed by atoms with Crippen LogP contribution in [0, 0.1) is 0 Å². The summed E-state index contributed by atoms with van der Waals surface area (Å²) in [6.45, 7) is -1.92. The van der Waals surface area contributed by atoms with Crippen LogP contribution in [0.4, 0.5) is 8.78 Å². The van der Waals surface area contributed by atoms with Crippen LogP contribution in [0.15, 0.2) is 72.8 Å². The Morgan fingerprint density at radius 1 is 0.903 bits per heavy atom. The van der Waals surface area contributed by atoms with Gasteiger partial charge in [-0.2, -0.15) is 8.78 Å². The first-order valence-electron chi connectivity index (χ1n) is 9.66. The molecule has 7 heteroatoms. The number of carbonyl (C=O) groups excluding carboxylic acids is 1. The number of alkyl halides is 2. The predicted octanol–water partition coefficient (Wildman–Crippen LogP) is 4.94. The van der Waals surface area contributed by atoms with Crippen LogP contribution in [0.2, 0.25) is 0 Å². The number of benzene rings is 3. The number of halogens is 2. The maximum atomic E-state index is 12.8. The van der Waals surface area contributed by atoms with Crippen LogP contribution >= 0.6 is 0 Å². The molecule has 31 heavy (non-hydrogen) atoms. The Balaban J connectivity index is 1.60. The van der Waals surface area contributed by atoms with Crippen LogP contribution in [0.1, 0.15) is 27.0 Å². The molecule has 0 aliphatic carbocycles. The maximum Gasteiger partial charge on any atom is 0.387 e. The average molecular weight is 427 g/mol. The normalized spacial score (nSPS) is 10.7. The molecule has 1 amide bonds. The number of carbonyl (C=O) groups is 1. The van der Waals surface area contributed by atoms with Gasteiger partial charge >= 0.3 is 6.61 Å². The fourth-order valence-corrected chi connectivity index (χ4v) is 3.03. The SMILES string of the molecule is COc1cccc(C(=O)NCc2cccc(COCc3ccccc3)c2)c1OC(F)F. The summed E-state index contributed by atoms with van der Waals surface area (Å²) in [5, 5.41) is 2.73. The lowest BCUT2D eigenvalue weighted by Gasteiger charge is -2.14. The number of ether oxygens (including phenoxy) is 3. The van der Waals surface area contributed by atoms with Gasteiger partial charge in [0.05, 0.1) is 25.9 Å². The van der Waals surface area contributed by atoms with E-state index in [1.54, 1.807) is 0 Å². The third-order valence-corrected chi connectivity index (χ3v) is 4.48. The zero-order chi connectivity index (χ0) is 22.1. The van der Waals surface area contributed by atoms with Crippen LogP contribution in [-0.4, -0.2) is 19.6 Å². The molecule has 3 aromatic rings. The first-order chi connectivity index (χ1) is 15.1. The van der Waals surface area contributed by atoms with E-state index in [1.165, 1.54) is 25.3 Å². The molecule has 3 aromatic carbocycles. The molecule has 0 heterocycles. The van der Waals surface area contributed by atoms with Gasteiger partial charge in [-0.3, -0.25) is 4.79 Å². The van der Waals surface area contributed by atoms with Gasteiger partial charge in [0, 0.05) is 6.54 Å². The van der Waals surface area contributed by atoms with Crippen molar-refractivity contribution in [2.45, 2.75) is 26.4 Å². The fourth-order valence-electron chi connectivity index (χ4n) is 3.03. The number of nitrogens with one attached hydrogen (secondary N) is 1. The van der Waals surface area contributed by atoms with Crippen molar-refractivity contribution in [3.05, 3.63) is 95.1 Å². The standard InChI is InChI=1S/C24H23F2NO4/c1-29-21-12-6-11-20(22(21)31-24(25)26)23(28)27-14-18-9-5-10-19(13-18)16-30-15-17-7-3-2-4-8-17/h2-13,24H,14-16H2,1H3,(H,27,28). The van der Waals surface area contributed by atoms with Gasteiger partial charge in [0.2, 0.25) is 0 Å². The van der Waals surface area contributed by atoms with Gasteiger partial charge in [-0.15, -0.1) is 0 Å². The van der Waals surface area contributed by atoms with Crippen LogP contribution in [0.5, 0.6) is 11.5 Å². The Morgan fingerprint density at radius 3 is 2.32 bits per heavy atom. The van der Waals surface area contributed by atoms with Gasteiger partial charge in [-0.05, 0) is 28.8 Å². The van der Waals surface area contributed by atoms with Crippen molar-refractivity contribution in [3.63, 3.8) is 0 Å². The minimum absolute atomic E-state index is 0.0259. The fraction of sp³-hybridized carbons (Fsp3) is 0.208. The molecule has 0 aliphatic heterocycles. The quantitative estimate of drug-likeness (QED) is 0.498. The van der Waals surface area contributed by atoms with E-state index >= 15 is 0 Å². The molecule has 0 saturated heterocycles. The van der Waals surface area contributed by atoms with E-state index in [1.807, 2.05) is 54.6 Å². The van der Waals surface area contributed by atoms with Gasteiger partial charge in [0.15, 0.2) is 11.5 Å². The van der Waals surface area contributed by atoms with E-state index in [9.17, 15) is 13.6 Å². The van der Waals surface area contributed by atoms with Gasteiger partial charge < -0.3 is 19.5 Å². The second kappa shape index (κ2) is 11.1. The highest BCUT2D eigenvalue weighted by Gasteiger charge is 2.20. The summed E-state index contributed by atoms with van der Waals surface area (Å²) in [4.78, 5) is 12.6. The van der Waals surface area contributed by atoms with E-state index in [0.717, 1.165) is 16.7 Å². The van der Waals surface area contributed by atoms with Gasteiger partial charge in [-0.1, -0.05) is 60.7 Å². The summed E-state index contributed by atoms with van der Waals surface area (Å²) in [6, 6.07) is 21.9. The van der Waals surface area contributed by atoms with Crippen molar-refractivity contribution >= 4 is 5.91 Å². The lowest BCUT2D eigenvalue weighted by molar-refractivity contribution is -0.0515. The second-order valence-electron chi connectivity index (χ2n) is 6.70. The maximum absolute atomic E-state index is 12.8. The molecule has 0 saturated carbocycles. The highest BCUT2D eigenvalue weighted by Crippen LogP contribution is 2.32. The van der Waals surface area contributed by atoms with Crippen molar-refractivity contribution < 1.29 is 27.8 Å². The monoisotopic (exact) mass is 427 g/mol. The smallest absolute Gasteiger partial charge is 0.387 e. The molecule has 0 fully saturated rings. The first kappa shape index (κ1) is 22.2. The molecule has 0 atom stereocenters. The van der Waals surface area contributed by atoms with Crippen LogP contribution in [-0.2, 0) is 24.5 Å². The molecule has 0 aliphatic rings. The zero-order valence-electron chi connectivity index (χ0n) is 17.0. The average Bonchev–Trinajstić information content (AvgIpc) is 2.78. The van der Waals surface area contributed by atoms with E-state index in [4.69, 9.17) is 9.47 Å². The molecular formula is C24H23F2NO4.